The van der Waals surface area contributed by atoms with Crippen molar-refractivity contribution in [2.45, 2.75) is 44.9 Å². The average Bonchev–Trinajstić information content (AvgIpc) is 3.13. The van der Waals surface area contributed by atoms with Crippen molar-refractivity contribution < 1.29 is 4.79 Å². The van der Waals surface area contributed by atoms with Crippen molar-refractivity contribution >= 4 is 18.3 Å². The number of carbonyl (C=O) groups is 1. The molecule has 3 nitrogen and oxygen atoms in total. The molecule has 1 aromatic carbocycles. The third kappa shape index (κ3) is 5.78. The number of likely N-dealkylation sites (tertiary alicyclic amines) is 1. The number of hydrogen-bond donors (Lipinski definition) is 1. The molecule has 0 aliphatic carbocycles. The first-order valence-corrected chi connectivity index (χ1v) is 9.33. The van der Waals surface area contributed by atoms with Crippen molar-refractivity contribution in [3.63, 3.8) is 0 Å². The first-order chi connectivity index (χ1) is 11.3. The topological polar surface area (TPSA) is 32.3 Å². The lowest BCUT2D eigenvalue weighted by molar-refractivity contribution is -0.132. The lowest BCUT2D eigenvalue weighted by Gasteiger charge is -2.32. The van der Waals surface area contributed by atoms with Crippen LogP contribution in [0.3, 0.4) is 0 Å². The average molecular weight is 351 g/mol. The van der Waals surface area contributed by atoms with E-state index < -0.39 is 0 Å². The normalized spacial score (nSPS) is 21.5. The highest BCUT2D eigenvalue weighted by molar-refractivity contribution is 5.85. The Hall–Kier alpha value is -1.06. The summed E-state index contributed by atoms with van der Waals surface area (Å²) in [6.07, 6.45) is 7.87. The van der Waals surface area contributed by atoms with Crippen LogP contribution in [0.25, 0.3) is 0 Å². The molecule has 1 aromatic rings. The van der Waals surface area contributed by atoms with Crippen LogP contribution >= 0.6 is 12.4 Å². The Kier molecular flexibility index (Phi) is 8.07. The van der Waals surface area contributed by atoms with Crippen LogP contribution in [0.4, 0.5) is 0 Å². The summed E-state index contributed by atoms with van der Waals surface area (Å²) in [6, 6.07) is 10.8. The summed E-state index contributed by atoms with van der Waals surface area (Å²) in [5, 5.41) is 3.38. The van der Waals surface area contributed by atoms with Crippen LogP contribution in [0, 0.1) is 11.8 Å². The number of carbonyl (C=O) groups excluding carboxylic acids is 1. The number of nitrogens with zero attached hydrogens (tertiary/aromatic N) is 1. The summed E-state index contributed by atoms with van der Waals surface area (Å²) >= 11 is 0. The van der Waals surface area contributed by atoms with E-state index in [-0.39, 0.29) is 12.4 Å². The monoisotopic (exact) mass is 350 g/mol. The maximum absolute atomic E-state index is 12.3. The summed E-state index contributed by atoms with van der Waals surface area (Å²) in [4.78, 5) is 14.5. The molecule has 1 atom stereocenters. The molecule has 134 valence electrons. The fourth-order valence-corrected chi connectivity index (χ4v) is 3.93. The van der Waals surface area contributed by atoms with Gasteiger partial charge in [0, 0.05) is 19.5 Å². The van der Waals surface area contributed by atoms with Crippen molar-refractivity contribution in [3.05, 3.63) is 35.9 Å². The minimum Gasteiger partial charge on any atom is -0.343 e. The van der Waals surface area contributed by atoms with E-state index in [2.05, 4.69) is 40.5 Å². The van der Waals surface area contributed by atoms with E-state index in [0.717, 1.165) is 50.9 Å². The van der Waals surface area contributed by atoms with Gasteiger partial charge < -0.3 is 10.2 Å². The van der Waals surface area contributed by atoms with Gasteiger partial charge in [-0.2, -0.15) is 0 Å². The smallest absolute Gasteiger partial charge is 0.222 e. The van der Waals surface area contributed by atoms with Gasteiger partial charge in [-0.05, 0) is 69.0 Å². The summed E-state index contributed by atoms with van der Waals surface area (Å²) in [5.74, 6) is 1.90. The molecule has 3 rings (SSSR count). The number of hydrogen-bond acceptors (Lipinski definition) is 2. The van der Waals surface area contributed by atoms with E-state index in [4.69, 9.17) is 0 Å². The second-order valence-electron chi connectivity index (χ2n) is 7.25. The van der Waals surface area contributed by atoms with E-state index in [9.17, 15) is 4.79 Å². The van der Waals surface area contributed by atoms with Crippen LogP contribution in [0.5, 0.6) is 0 Å². The zero-order chi connectivity index (χ0) is 15.9. The Morgan fingerprint density at radius 1 is 1.04 bits per heavy atom. The number of nitrogens with one attached hydrogen (secondary N) is 1. The Bertz CT molecular complexity index is 480. The zero-order valence-electron chi connectivity index (χ0n) is 14.6. The SMILES string of the molecule is Cl.O=C(CCC1CCNC1)N1CCC(CCc2ccccc2)CC1. The van der Waals surface area contributed by atoms with Gasteiger partial charge in [-0.1, -0.05) is 30.3 Å². The number of aryl methyl sites for hydroxylation is 1. The molecule has 2 fully saturated rings. The van der Waals surface area contributed by atoms with Gasteiger partial charge in [-0.15, -0.1) is 12.4 Å². The van der Waals surface area contributed by atoms with Crippen LogP contribution in [0.2, 0.25) is 0 Å². The molecule has 4 heteroatoms. The maximum atomic E-state index is 12.3. The van der Waals surface area contributed by atoms with Crippen molar-refractivity contribution in [1.29, 1.82) is 0 Å². The van der Waals surface area contributed by atoms with Gasteiger partial charge in [-0.3, -0.25) is 4.79 Å². The van der Waals surface area contributed by atoms with E-state index in [0.29, 0.717) is 5.91 Å². The Morgan fingerprint density at radius 3 is 2.46 bits per heavy atom. The first kappa shape index (κ1) is 19.3. The first-order valence-electron chi connectivity index (χ1n) is 9.33. The van der Waals surface area contributed by atoms with Gasteiger partial charge in [0.2, 0.25) is 5.91 Å². The molecule has 2 aliphatic heterocycles. The molecule has 0 bridgehead atoms. The summed E-state index contributed by atoms with van der Waals surface area (Å²) in [7, 11) is 0. The van der Waals surface area contributed by atoms with Gasteiger partial charge in [0.15, 0.2) is 0 Å². The molecule has 2 heterocycles. The highest BCUT2D eigenvalue weighted by atomic mass is 35.5. The van der Waals surface area contributed by atoms with Gasteiger partial charge >= 0.3 is 0 Å². The highest BCUT2D eigenvalue weighted by Crippen LogP contribution is 2.23. The molecule has 1 unspecified atom stereocenters. The molecule has 24 heavy (non-hydrogen) atoms. The van der Waals surface area contributed by atoms with Crippen molar-refractivity contribution in [1.82, 2.24) is 10.2 Å². The highest BCUT2D eigenvalue weighted by Gasteiger charge is 2.23. The van der Waals surface area contributed by atoms with Crippen molar-refractivity contribution in [2.24, 2.45) is 11.8 Å². The van der Waals surface area contributed by atoms with Crippen molar-refractivity contribution in [3.8, 4) is 0 Å². The summed E-state index contributed by atoms with van der Waals surface area (Å²) in [5.41, 5.74) is 1.44. The Balaban J connectivity index is 0.00000208. The van der Waals surface area contributed by atoms with E-state index in [1.165, 1.54) is 37.7 Å². The standard InChI is InChI=1S/C20H30N2O.ClH/c23-20(9-8-19-10-13-21-16-19)22-14-11-18(12-15-22)7-6-17-4-2-1-3-5-17;/h1-5,18-19,21H,6-16H2;1H. The quantitative estimate of drug-likeness (QED) is 0.849. The molecule has 0 radical (unpaired) electrons. The molecule has 2 saturated heterocycles. The van der Waals surface area contributed by atoms with E-state index >= 15 is 0 Å². The molecule has 0 saturated carbocycles. The minimum atomic E-state index is 0. The molecule has 1 N–H and O–H groups in total. The van der Waals surface area contributed by atoms with E-state index in [1.54, 1.807) is 0 Å². The second kappa shape index (κ2) is 10.0. The molecular weight excluding hydrogens is 320 g/mol. The lowest BCUT2D eigenvalue weighted by atomic mass is 9.90. The molecule has 0 spiro atoms. The number of piperidine rings is 1. The second-order valence-corrected chi connectivity index (χ2v) is 7.25. The fourth-order valence-electron chi connectivity index (χ4n) is 3.93. The van der Waals surface area contributed by atoms with Crippen LogP contribution < -0.4 is 5.32 Å². The Labute approximate surface area is 152 Å². The molecule has 2 aliphatic rings. The maximum Gasteiger partial charge on any atom is 0.222 e. The number of benzene rings is 1. The van der Waals surface area contributed by atoms with Crippen LogP contribution in [-0.4, -0.2) is 37.0 Å². The van der Waals surface area contributed by atoms with Crippen LogP contribution in [0.1, 0.15) is 44.1 Å². The summed E-state index contributed by atoms with van der Waals surface area (Å²) < 4.78 is 0. The van der Waals surface area contributed by atoms with Gasteiger partial charge in [-0.25, -0.2) is 0 Å². The van der Waals surface area contributed by atoms with Gasteiger partial charge in [0.25, 0.3) is 0 Å². The molecular formula is C20H31ClN2O. The van der Waals surface area contributed by atoms with Gasteiger partial charge in [0.05, 0.1) is 0 Å². The predicted octanol–water partition coefficient (Wildman–Crippen LogP) is 3.67. The lowest BCUT2D eigenvalue weighted by Crippen LogP contribution is -2.38. The van der Waals surface area contributed by atoms with Crippen LogP contribution in [0.15, 0.2) is 30.3 Å². The fraction of sp³-hybridized carbons (Fsp3) is 0.650. The number of rotatable bonds is 6. The zero-order valence-corrected chi connectivity index (χ0v) is 15.4. The predicted molar refractivity (Wildman–Crippen MR) is 102 cm³/mol. The van der Waals surface area contributed by atoms with Gasteiger partial charge in [0.1, 0.15) is 0 Å². The number of amides is 1. The van der Waals surface area contributed by atoms with Crippen molar-refractivity contribution in [2.75, 3.05) is 26.2 Å². The molecule has 1 amide bonds. The summed E-state index contributed by atoms with van der Waals surface area (Å²) in [6.45, 7) is 4.18. The Morgan fingerprint density at radius 2 is 1.79 bits per heavy atom. The number of halogens is 1. The minimum absolute atomic E-state index is 0. The van der Waals surface area contributed by atoms with E-state index in [1.807, 2.05) is 0 Å². The largest absolute Gasteiger partial charge is 0.343 e. The third-order valence-corrected chi connectivity index (χ3v) is 5.58. The molecule has 0 aromatic heterocycles. The van der Waals surface area contributed by atoms with Crippen LogP contribution in [-0.2, 0) is 11.2 Å². The third-order valence-electron chi connectivity index (χ3n) is 5.58.